The molecule has 0 radical (unpaired) electrons. The van der Waals surface area contributed by atoms with E-state index in [0.29, 0.717) is 36.0 Å². The van der Waals surface area contributed by atoms with Crippen molar-refractivity contribution in [2.45, 2.75) is 12.8 Å². The number of aromatic nitrogens is 1. The van der Waals surface area contributed by atoms with Gasteiger partial charge in [0.05, 0.1) is 5.52 Å². The molecule has 90 valence electrons. The number of carbonyl (C=O) groups is 1. The number of aryl methyl sites for hydroxylation is 1. The Morgan fingerprint density at radius 3 is 2.94 bits per heavy atom. The van der Waals surface area contributed by atoms with E-state index < -0.39 is 5.76 Å². The molecule has 0 atom stereocenters. The third kappa shape index (κ3) is 2.14. The van der Waals surface area contributed by atoms with Crippen molar-refractivity contribution in [2.24, 2.45) is 12.8 Å². The van der Waals surface area contributed by atoms with Gasteiger partial charge in [-0.25, -0.2) is 4.79 Å². The molecule has 1 aromatic carbocycles. The van der Waals surface area contributed by atoms with Crippen LogP contribution in [0.15, 0.2) is 27.4 Å². The first-order valence-corrected chi connectivity index (χ1v) is 5.46. The summed E-state index contributed by atoms with van der Waals surface area (Å²) in [5.74, 6) is -0.407. The first-order chi connectivity index (χ1) is 8.13. The minimum absolute atomic E-state index is 0.0175. The summed E-state index contributed by atoms with van der Waals surface area (Å²) in [6.45, 7) is 0.494. The fourth-order valence-electron chi connectivity index (χ4n) is 1.71. The summed E-state index contributed by atoms with van der Waals surface area (Å²) in [4.78, 5) is 23.0. The van der Waals surface area contributed by atoms with E-state index in [2.05, 4.69) is 0 Å². The molecule has 0 aliphatic heterocycles. The maximum atomic E-state index is 11.8. The van der Waals surface area contributed by atoms with Crippen LogP contribution in [0.3, 0.4) is 0 Å². The van der Waals surface area contributed by atoms with E-state index >= 15 is 0 Å². The van der Waals surface area contributed by atoms with Gasteiger partial charge in [-0.2, -0.15) is 0 Å². The van der Waals surface area contributed by atoms with Gasteiger partial charge in [0, 0.05) is 19.0 Å². The molecule has 0 fully saturated rings. The molecule has 5 nitrogen and oxygen atoms in total. The minimum atomic E-state index is -0.424. The van der Waals surface area contributed by atoms with Crippen molar-refractivity contribution >= 4 is 16.9 Å². The molecule has 1 heterocycles. The zero-order chi connectivity index (χ0) is 12.4. The quantitative estimate of drug-likeness (QED) is 0.802. The smallest absolute Gasteiger partial charge is 0.408 e. The number of nitrogens with two attached hydrogens (primary N) is 1. The molecule has 17 heavy (non-hydrogen) atoms. The van der Waals surface area contributed by atoms with Gasteiger partial charge in [0.2, 0.25) is 0 Å². The van der Waals surface area contributed by atoms with E-state index in [1.54, 1.807) is 25.2 Å². The second-order valence-corrected chi connectivity index (χ2v) is 3.92. The molecule has 0 unspecified atom stereocenters. The van der Waals surface area contributed by atoms with E-state index in [1.165, 1.54) is 4.57 Å². The third-order valence-electron chi connectivity index (χ3n) is 2.72. The normalized spacial score (nSPS) is 10.9. The Morgan fingerprint density at radius 2 is 2.24 bits per heavy atom. The Morgan fingerprint density at radius 1 is 1.47 bits per heavy atom. The van der Waals surface area contributed by atoms with Gasteiger partial charge >= 0.3 is 5.76 Å². The summed E-state index contributed by atoms with van der Waals surface area (Å²) in [6.07, 6.45) is 1.08. The number of Topliss-reactive ketones (excluding diaryl/α,β-unsaturated/α-hetero) is 1. The molecule has 2 aromatic rings. The van der Waals surface area contributed by atoms with Crippen molar-refractivity contribution in [1.82, 2.24) is 4.57 Å². The van der Waals surface area contributed by atoms with Crippen LogP contribution in [0.5, 0.6) is 0 Å². The van der Waals surface area contributed by atoms with Crippen LogP contribution in [0.25, 0.3) is 11.1 Å². The number of ketones is 1. The highest BCUT2D eigenvalue weighted by Gasteiger charge is 2.10. The predicted octanol–water partition coefficient (Wildman–Crippen LogP) is 1.05. The molecule has 0 saturated carbocycles. The lowest BCUT2D eigenvalue weighted by Crippen LogP contribution is -2.08. The largest absolute Gasteiger partial charge is 0.419 e. The van der Waals surface area contributed by atoms with Crippen LogP contribution in [0.2, 0.25) is 0 Å². The van der Waals surface area contributed by atoms with Crippen LogP contribution in [-0.2, 0) is 7.05 Å². The number of fused-ring (bicyclic) bond motifs is 1. The topological polar surface area (TPSA) is 78.2 Å². The Labute approximate surface area is 97.8 Å². The van der Waals surface area contributed by atoms with Gasteiger partial charge in [-0.05, 0) is 31.2 Å². The van der Waals surface area contributed by atoms with Crippen molar-refractivity contribution < 1.29 is 9.21 Å². The van der Waals surface area contributed by atoms with Crippen molar-refractivity contribution in [3.8, 4) is 0 Å². The number of benzene rings is 1. The molecule has 0 aliphatic rings. The number of hydrogen-bond donors (Lipinski definition) is 1. The number of rotatable bonds is 4. The molecule has 0 amide bonds. The van der Waals surface area contributed by atoms with Crippen LogP contribution >= 0.6 is 0 Å². The molecule has 0 bridgehead atoms. The van der Waals surface area contributed by atoms with Crippen LogP contribution in [0.1, 0.15) is 23.2 Å². The van der Waals surface area contributed by atoms with Crippen molar-refractivity contribution in [2.75, 3.05) is 6.54 Å². The second-order valence-electron chi connectivity index (χ2n) is 3.92. The van der Waals surface area contributed by atoms with Gasteiger partial charge in [-0.15, -0.1) is 0 Å². The van der Waals surface area contributed by atoms with Gasteiger partial charge in [-0.1, -0.05) is 0 Å². The summed E-state index contributed by atoms with van der Waals surface area (Å²) in [7, 11) is 1.63. The molecular weight excluding hydrogens is 220 g/mol. The monoisotopic (exact) mass is 234 g/mol. The fourth-order valence-corrected chi connectivity index (χ4v) is 1.71. The summed E-state index contributed by atoms with van der Waals surface area (Å²) in [6, 6.07) is 5.03. The summed E-state index contributed by atoms with van der Waals surface area (Å²) in [5, 5.41) is 0. The number of oxazole rings is 1. The van der Waals surface area contributed by atoms with Crippen LogP contribution in [0, 0.1) is 0 Å². The lowest BCUT2D eigenvalue weighted by molar-refractivity contribution is 0.0981. The van der Waals surface area contributed by atoms with Gasteiger partial charge in [0.15, 0.2) is 11.4 Å². The number of carbonyl (C=O) groups excluding carboxylic acids is 1. The summed E-state index contributed by atoms with van der Waals surface area (Å²) in [5.41, 5.74) is 7.04. The number of hydrogen-bond acceptors (Lipinski definition) is 4. The highest BCUT2D eigenvalue weighted by atomic mass is 16.4. The Kier molecular flexibility index (Phi) is 3.10. The van der Waals surface area contributed by atoms with E-state index in [-0.39, 0.29) is 5.78 Å². The standard InChI is InChI=1S/C12H14N2O3/c1-14-9-5-4-8(10(15)3-2-6-13)7-11(9)17-12(14)16/h4-5,7H,2-3,6,13H2,1H3. The van der Waals surface area contributed by atoms with Gasteiger partial charge in [0.1, 0.15) is 0 Å². The maximum absolute atomic E-state index is 11.8. The van der Waals surface area contributed by atoms with Crippen LogP contribution < -0.4 is 11.5 Å². The first-order valence-electron chi connectivity index (χ1n) is 5.46. The number of nitrogens with zero attached hydrogens (tertiary/aromatic N) is 1. The maximum Gasteiger partial charge on any atom is 0.419 e. The minimum Gasteiger partial charge on any atom is -0.408 e. The van der Waals surface area contributed by atoms with Crippen molar-refractivity contribution in [3.63, 3.8) is 0 Å². The highest BCUT2D eigenvalue weighted by Crippen LogP contribution is 2.15. The molecule has 0 aliphatic carbocycles. The average molecular weight is 234 g/mol. The Balaban J connectivity index is 2.38. The van der Waals surface area contributed by atoms with Crippen molar-refractivity contribution in [3.05, 3.63) is 34.3 Å². The molecule has 0 spiro atoms. The van der Waals surface area contributed by atoms with Crippen molar-refractivity contribution in [1.29, 1.82) is 0 Å². The predicted molar refractivity (Wildman–Crippen MR) is 64.1 cm³/mol. The van der Waals surface area contributed by atoms with Gasteiger partial charge in [-0.3, -0.25) is 9.36 Å². The Hall–Kier alpha value is -1.88. The van der Waals surface area contributed by atoms with Crippen LogP contribution in [0.4, 0.5) is 0 Å². The van der Waals surface area contributed by atoms with Crippen LogP contribution in [-0.4, -0.2) is 16.9 Å². The molecule has 2 N–H and O–H groups in total. The molecule has 2 rings (SSSR count). The summed E-state index contributed by atoms with van der Waals surface area (Å²) < 4.78 is 6.43. The molecule has 1 aromatic heterocycles. The zero-order valence-electron chi connectivity index (χ0n) is 9.60. The zero-order valence-corrected chi connectivity index (χ0v) is 9.60. The van der Waals surface area contributed by atoms with E-state index in [9.17, 15) is 9.59 Å². The van der Waals surface area contributed by atoms with Gasteiger partial charge < -0.3 is 10.2 Å². The molecule has 5 heteroatoms. The van der Waals surface area contributed by atoms with E-state index in [1.807, 2.05) is 0 Å². The lowest BCUT2D eigenvalue weighted by atomic mass is 10.1. The fraction of sp³-hybridized carbons (Fsp3) is 0.333. The lowest BCUT2D eigenvalue weighted by Gasteiger charge is -1.99. The Bertz CT molecular complexity index is 610. The first kappa shape index (κ1) is 11.6. The average Bonchev–Trinajstić information content (AvgIpc) is 2.61. The highest BCUT2D eigenvalue weighted by molar-refractivity contribution is 5.98. The SMILES string of the molecule is Cn1c(=O)oc2cc(C(=O)CCCN)ccc21. The summed E-state index contributed by atoms with van der Waals surface area (Å²) >= 11 is 0. The molecule has 0 saturated heterocycles. The third-order valence-corrected chi connectivity index (χ3v) is 2.72. The van der Waals surface area contributed by atoms with E-state index in [0.717, 1.165) is 0 Å². The van der Waals surface area contributed by atoms with Gasteiger partial charge in [0.25, 0.3) is 0 Å². The second kappa shape index (κ2) is 4.55. The van der Waals surface area contributed by atoms with E-state index in [4.69, 9.17) is 10.2 Å². The molecular formula is C12H14N2O3.